The van der Waals surface area contributed by atoms with Crippen LogP contribution in [0.1, 0.15) is 27.9 Å². The molecule has 0 radical (unpaired) electrons. The van der Waals surface area contributed by atoms with E-state index in [-0.39, 0.29) is 23.2 Å². The number of nitrogens with two attached hydrogens (primary N) is 1. The maximum atomic E-state index is 14.0. The Morgan fingerprint density at radius 3 is 2.70 bits per heavy atom. The molecule has 27 heavy (non-hydrogen) atoms. The Morgan fingerprint density at radius 1 is 1.22 bits per heavy atom. The second kappa shape index (κ2) is 7.84. The highest BCUT2D eigenvalue weighted by Crippen LogP contribution is 2.38. The number of anilines is 1. The van der Waals surface area contributed by atoms with Gasteiger partial charge in [-0.05, 0) is 36.8 Å². The third kappa shape index (κ3) is 4.31. The van der Waals surface area contributed by atoms with E-state index in [0.29, 0.717) is 35.3 Å². The van der Waals surface area contributed by atoms with Crippen molar-refractivity contribution >= 4 is 29.1 Å². The lowest BCUT2D eigenvalue weighted by molar-refractivity contribution is -0.115. The highest BCUT2D eigenvalue weighted by atomic mass is 35.5. The minimum atomic E-state index is -0.779. The summed E-state index contributed by atoms with van der Waals surface area (Å²) < 4.78 is 25.1. The van der Waals surface area contributed by atoms with Crippen LogP contribution in [0, 0.1) is 12.7 Å². The fraction of sp³-hybridized carbons (Fsp3) is 0.263. The number of ether oxygens (including phenoxy) is 2. The zero-order valence-corrected chi connectivity index (χ0v) is 15.4. The Morgan fingerprint density at radius 2 is 1.96 bits per heavy atom. The van der Waals surface area contributed by atoms with Crippen molar-refractivity contribution in [3.05, 3.63) is 51.8 Å². The number of fused-ring (bicyclic) bond motifs is 1. The molecule has 2 amide bonds. The minimum Gasteiger partial charge on any atom is -0.489 e. The van der Waals surface area contributed by atoms with Crippen molar-refractivity contribution in [1.82, 2.24) is 0 Å². The molecular weight excluding hydrogens is 375 g/mol. The van der Waals surface area contributed by atoms with Crippen molar-refractivity contribution in [3.63, 3.8) is 0 Å². The van der Waals surface area contributed by atoms with Crippen molar-refractivity contribution < 1.29 is 23.5 Å². The van der Waals surface area contributed by atoms with E-state index in [1.54, 1.807) is 12.1 Å². The molecule has 0 unspecified atom stereocenters. The average Bonchev–Trinajstić information content (AvgIpc) is 2.84. The fourth-order valence-electron chi connectivity index (χ4n) is 2.72. The van der Waals surface area contributed by atoms with Gasteiger partial charge in [-0.2, -0.15) is 0 Å². The quantitative estimate of drug-likeness (QED) is 0.835. The molecule has 0 aliphatic carbocycles. The van der Waals surface area contributed by atoms with Gasteiger partial charge in [0.2, 0.25) is 11.8 Å². The van der Waals surface area contributed by atoms with E-state index < -0.39 is 17.6 Å². The van der Waals surface area contributed by atoms with Gasteiger partial charge in [0.15, 0.2) is 11.5 Å². The lowest BCUT2D eigenvalue weighted by Crippen LogP contribution is -2.17. The first-order valence-corrected chi connectivity index (χ1v) is 8.70. The predicted octanol–water partition coefficient (Wildman–Crippen LogP) is 3.23. The molecule has 1 aliphatic rings. The van der Waals surface area contributed by atoms with Gasteiger partial charge >= 0.3 is 0 Å². The van der Waals surface area contributed by atoms with Crippen molar-refractivity contribution in [1.29, 1.82) is 0 Å². The summed E-state index contributed by atoms with van der Waals surface area (Å²) in [4.78, 5) is 23.7. The highest BCUT2D eigenvalue weighted by Gasteiger charge is 2.18. The van der Waals surface area contributed by atoms with Crippen LogP contribution in [0.5, 0.6) is 11.5 Å². The molecule has 3 rings (SSSR count). The summed E-state index contributed by atoms with van der Waals surface area (Å²) in [5.74, 6) is -0.852. The summed E-state index contributed by atoms with van der Waals surface area (Å²) >= 11 is 6.23. The number of amides is 2. The molecule has 2 aromatic rings. The van der Waals surface area contributed by atoms with Crippen LogP contribution in [0.2, 0.25) is 5.02 Å². The largest absolute Gasteiger partial charge is 0.489 e. The van der Waals surface area contributed by atoms with E-state index in [2.05, 4.69) is 5.32 Å². The van der Waals surface area contributed by atoms with Crippen molar-refractivity contribution in [2.75, 3.05) is 18.5 Å². The number of hydrogen-bond acceptors (Lipinski definition) is 4. The Bertz CT molecular complexity index is 917. The van der Waals surface area contributed by atoms with Gasteiger partial charge < -0.3 is 20.5 Å². The van der Waals surface area contributed by atoms with Crippen LogP contribution in [0.4, 0.5) is 10.1 Å². The molecule has 1 aliphatic heterocycles. The van der Waals surface area contributed by atoms with Crippen molar-refractivity contribution in [2.45, 2.75) is 19.8 Å². The topological polar surface area (TPSA) is 90.7 Å². The minimum absolute atomic E-state index is 0.0157. The summed E-state index contributed by atoms with van der Waals surface area (Å²) in [5, 5.41) is 2.96. The third-order valence-electron chi connectivity index (χ3n) is 4.13. The van der Waals surface area contributed by atoms with Crippen LogP contribution >= 0.6 is 11.6 Å². The Kier molecular flexibility index (Phi) is 5.51. The molecule has 6 nitrogen and oxygen atoms in total. The first-order valence-electron chi connectivity index (χ1n) is 8.33. The third-order valence-corrected chi connectivity index (χ3v) is 4.41. The number of halogens is 2. The Hall–Kier alpha value is -2.80. The standard InChI is InChI=1S/C19H18ClFN2O4/c1-10-14(21)8-12(19(22)25)9-15(10)23-17(24)7-11-5-13(20)18-16(6-11)26-3-2-4-27-18/h5-6,8-9H,2-4,7H2,1H3,(H2,22,25)(H,23,24). The molecule has 1 heterocycles. The molecule has 0 fully saturated rings. The molecule has 8 heteroatoms. The SMILES string of the molecule is Cc1c(F)cc(C(N)=O)cc1NC(=O)Cc1cc(Cl)c2c(c1)OCCCO2. The molecule has 0 saturated carbocycles. The van der Waals surface area contributed by atoms with E-state index in [1.165, 1.54) is 13.0 Å². The van der Waals surface area contributed by atoms with Gasteiger partial charge in [-0.15, -0.1) is 0 Å². The smallest absolute Gasteiger partial charge is 0.248 e. The van der Waals surface area contributed by atoms with Crippen LogP contribution in [0.3, 0.4) is 0 Å². The highest BCUT2D eigenvalue weighted by molar-refractivity contribution is 6.32. The molecular formula is C19H18ClFN2O4. The maximum Gasteiger partial charge on any atom is 0.248 e. The molecule has 2 aromatic carbocycles. The summed E-state index contributed by atoms with van der Waals surface area (Å²) in [7, 11) is 0. The summed E-state index contributed by atoms with van der Waals surface area (Å²) in [5.41, 5.74) is 6.19. The van der Waals surface area contributed by atoms with E-state index in [9.17, 15) is 14.0 Å². The van der Waals surface area contributed by atoms with Crippen LogP contribution in [-0.4, -0.2) is 25.0 Å². The first-order chi connectivity index (χ1) is 12.8. The maximum absolute atomic E-state index is 14.0. The molecule has 0 spiro atoms. The van der Waals surface area contributed by atoms with Crippen LogP contribution < -0.4 is 20.5 Å². The van der Waals surface area contributed by atoms with Crippen molar-refractivity contribution in [3.8, 4) is 11.5 Å². The molecule has 0 aromatic heterocycles. The predicted molar refractivity (Wildman–Crippen MR) is 99.0 cm³/mol. The number of carbonyl (C=O) groups is 2. The summed E-state index contributed by atoms with van der Waals surface area (Å²) in [6, 6.07) is 5.71. The van der Waals surface area contributed by atoms with E-state index in [1.807, 2.05) is 0 Å². The van der Waals surface area contributed by atoms with E-state index in [4.69, 9.17) is 26.8 Å². The van der Waals surface area contributed by atoms with Crippen LogP contribution in [0.25, 0.3) is 0 Å². The first kappa shape index (κ1) is 19.0. The van der Waals surface area contributed by atoms with Gasteiger partial charge in [0.1, 0.15) is 5.82 Å². The van der Waals surface area contributed by atoms with Gasteiger partial charge in [0, 0.05) is 23.2 Å². The van der Waals surface area contributed by atoms with E-state index in [0.717, 1.165) is 12.5 Å². The van der Waals surface area contributed by atoms with Crippen molar-refractivity contribution in [2.24, 2.45) is 5.73 Å². The molecule has 3 N–H and O–H groups in total. The lowest BCUT2D eigenvalue weighted by Gasteiger charge is -2.13. The second-order valence-electron chi connectivity index (χ2n) is 6.18. The Balaban J connectivity index is 1.80. The summed E-state index contributed by atoms with van der Waals surface area (Å²) in [6.07, 6.45) is 0.722. The molecule has 0 atom stereocenters. The van der Waals surface area contributed by atoms with Crippen LogP contribution in [0.15, 0.2) is 24.3 Å². The van der Waals surface area contributed by atoms with Gasteiger partial charge in [0.25, 0.3) is 0 Å². The van der Waals surface area contributed by atoms with E-state index >= 15 is 0 Å². The number of benzene rings is 2. The van der Waals surface area contributed by atoms with Gasteiger partial charge in [-0.1, -0.05) is 11.6 Å². The molecule has 142 valence electrons. The molecule has 0 bridgehead atoms. The number of carbonyl (C=O) groups excluding carboxylic acids is 2. The summed E-state index contributed by atoms with van der Waals surface area (Å²) in [6.45, 7) is 2.51. The number of primary amides is 1. The molecule has 0 saturated heterocycles. The fourth-order valence-corrected chi connectivity index (χ4v) is 3.00. The number of rotatable bonds is 4. The number of nitrogens with one attached hydrogen (secondary N) is 1. The average molecular weight is 393 g/mol. The van der Waals surface area contributed by atoms with Crippen LogP contribution in [-0.2, 0) is 11.2 Å². The second-order valence-corrected chi connectivity index (χ2v) is 6.58. The van der Waals surface area contributed by atoms with Gasteiger partial charge in [-0.3, -0.25) is 9.59 Å². The normalized spacial score (nSPS) is 13.0. The monoisotopic (exact) mass is 392 g/mol. The lowest BCUT2D eigenvalue weighted by atomic mass is 10.1. The van der Waals surface area contributed by atoms with Gasteiger partial charge in [0.05, 0.1) is 24.7 Å². The van der Waals surface area contributed by atoms with Gasteiger partial charge in [-0.25, -0.2) is 4.39 Å². The number of hydrogen-bond donors (Lipinski definition) is 2. The zero-order chi connectivity index (χ0) is 19.6. The zero-order valence-electron chi connectivity index (χ0n) is 14.6. The Labute approximate surface area is 160 Å².